The minimum absolute atomic E-state index is 0.267. The molecular formula is C29H24BrClN2O4. The minimum Gasteiger partial charge on any atom is -0.493 e. The Morgan fingerprint density at radius 3 is 2.16 bits per heavy atom. The van der Waals surface area contributed by atoms with Gasteiger partial charge in [0, 0.05) is 20.6 Å². The van der Waals surface area contributed by atoms with Crippen molar-refractivity contribution in [1.29, 1.82) is 0 Å². The van der Waals surface area contributed by atoms with Gasteiger partial charge in [0.2, 0.25) is 0 Å². The van der Waals surface area contributed by atoms with Gasteiger partial charge in [0.25, 0.3) is 5.91 Å². The second kappa shape index (κ2) is 12.1. The third kappa shape index (κ3) is 6.02. The fourth-order valence-electron chi connectivity index (χ4n) is 3.72. The molecule has 0 aromatic heterocycles. The summed E-state index contributed by atoms with van der Waals surface area (Å²) in [4.78, 5) is 13.2. The van der Waals surface area contributed by atoms with E-state index in [1.165, 1.54) is 13.3 Å². The molecular weight excluding hydrogens is 556 g/mol. The van der Waals surface area contributed by atoms with Crippen LogP contribution in [0, 0.1) is 0 Å². The van der Waals surface area contributed by atoms with Gasteiger partial charge in [0.15, 0.2) is 17.1 Å². The lowest BCUT2D eigenvalue weighted by atomic mass is 9.85. The summed E-state index contributed by atoms with van der Waals surface area (Å²) in [6.07, 6.45) is 1.46. The van der Waals surface area contributed by atoms with E-state index in [0.717, 1.165) is 5.56 Å². The first-order chi connectivity index (χ1) is 17.9. The molecule has 188 valence electrons. The number of nitrogens with one attached hydrogen (secondary N) is 1. The van der Waals surface area contributed by atoms with E-state index in [4.69, 9.17) is 21.1 Å². The van der Waals surface area contributed by atoms with Crippen LogP contribution in [0.5, 0.6) is 11.5 Å². The molecule has 8 heteroatoms. The first-order valence-corrected chi connectivity index (χ1v) is 12.5. The second-order valence-electron chi connectivity index (χ2n) is 8.05. The summed E-state index contributed by atoms with van der Waals surface area (Å²) in [5, 5.41) is 16.2. The topological polar surface area (TPSA) is 80.2 Å². The number of methoxy groups -OCH3 is 1. The van der Waals surface area contributed by atoms with Gasteiger partial charge in [-0.2, -0.15) is 5.10 Å². The number of carbonyl (C=O) groups excluding carboxylic acids is 1. The summed E-state index contributed by atoms with van der Waals surface area (Å²) in [6, 6.07) is 28.4. The quantitative estimate of drug-likeness (QED) is 0.186. The molecule has 2 N–H and O–H groups in total. The van der Waals surface area contributed by atoms with Crippen molar-refractivity contribution in [2.75, 3.05) is 7.11 Å². The van der Waals surface area contributed by atoms with Gasteiger partial charge in [-0.1, -0.05) is 90.5 Å². The molecule has 1 amide bonds. The average molecular weight is 580 g/mol. The Hall–Kier alpha value is -3.65. The Balaban J connectivity index is 1.53. The number of ether oxygens (including phenoxy) is 2. The minimum atomic E-state index is -1.93. The third-order valence-electron chi connectivity index (χ3n) is 5.71. The predicted molar refractivity (Wildman–Crippen MR) is 148 cm³/mol. The summed E-state index contributed by atoms with van der Waals surface area (Å²) in [5.41, 5.74) is 2.88. The van der Waals surface area contributed by atoms with E-state index in [1.807, 2.05) is 30.3 Å². The van der Waals surface area contributed by atoms with E-state index >= 15 is 0 Å². The molecule has 0 aliphatic rings. The fraction of sp³-hybridized carbons (Fsp3) is 0.103. The molecule has 0 fully saturated rings. The zero-order valence-corrected chi connectivity index (χ0v) is 22.2. The number of hydrazone groups is 1. The molecule has 0 saturated carbocycles. The Morgan fingerprint density at radius 2 is 1.57 bits per heavy atom. The van der Waals surface area contributed by atoms with E-state index < -0.39 is 11.5 Å². The van der Waals surface area contributed by atoms with Crippen LogP contribution in [0.3, 0.4) is 0 Å². The van der Waals surface area contributed by atoms with E-state index in [0.29, 0.717) is 37.7 Å². The molecule has 0 aliphatic carbocycles. The maximum Gasteiger partial charge on any atom is 0.281 e. The molecule has 37 heavy (non-hydrogen) atoms. The summed E-state index contributed by atoms with van der Waals surface area (Å²) in [5.74, 6) is 0.301. The first-order valence-electron chi connectivity index (χ1n) is 11.3. The van der Waals surface area contributed by atoms with Gasteiger partial charge < -0.3 is 14.6 Å². The number of hydrogen-bond donors (Lipinski definition) is 2. The van der Waals surface area contributed by atoms with Gasteiger partial charge in [-0.25, -0.2) is 5.43 Å². The Labute approximate surface area is 228 Å². The summed E-state index contributed by atoms with van der Waals surface area (Å²) in [6.45, 7) is 0.267. The fourth-order valence-corrected chi connectivity index (χ4v) is 4.34. The van der Waals surface area contributed by atoms with Crippen LogP contribution in [-0.4, -0.2) is 24.3 Å². The Bertz CT molecular complexity index is 1360. The van der Waals surface area contributed by atoms with Gasteiger partial charge in [0.05, 0.1) is 13.3 Å². The third-order valence-corrected chi connectivity index (χ3v) is 6.76. The molecule has 0 bridgehead atoms. The van der Waals surface area contributed by atoms with Crippen LogP contribution in [0.25, 0.3) is 0 Å². The Kier molecular flexibility index (Phi) is 8.61. The van der Waals surface area contributed by atoms with E-state index in [1.54, 1.807) is 66.7 Å². The van der Waals surface area contributed by atoms with Crippen LogP contribution in [-0.2, 0) is 17.0 Å². The number of carbonyl (C=O) groups is 1. The zero-order valence-electron chi connectivity index (χ0n) is 19.9. The van der Waals surface area contributed by atoms with Gasteiger partial charge in [-0.3, -0.25) is 4.79 Å². The van der Waals surface area contributed by atoms with Crippen molar-refractivity contribution < 1.29 is 19.4 Å². The summed E-state index contributed by atoms with van der Waals surface area (Å²) in [7, 11) is 1.54. The number of amides is 1. The highest BCUT2D eigenvalue weighted by Gasteiger charge is 2.39. The first kappa shape index (κ1) is 26.4. The van der Waals surface area contributed by atoms with Gasteiger partial charge >= 0.3 is 0 Å². The number of halogens is 2. The normalized spacial score (nSPS) is 11.4. The van der Waals surface area contributed by atoms with Crippen LogP contribution in [0.1, 0.15) is 22.3 Å². The number of benzene rings is 4. The van der Waals surface area contributed by atoms with Crippen molar-refractivity contribution in [3.63, 3.8) is 0 Å². The SMILES string of the molecule is COc1cc(/C=N\NC(=O)C(O)(c2ccccc2)c2ccccc2)c(Br)cc1OCc1ccccc1Cl. The van der Waals surface area contributed by atoms with E-state index in [-0.39, 0.29) is 6.61 Å². The van der Waals surface area contributed by atoms with Crippen molar-refractivity contribution in [2.45, 2.75) is 12.2 Å². The molecule has 6 nitrogen and oxygen atoms in total. The Morgan fingerprint density at radius 1 is 0.973 bits per heavy atom. The summed E-state index contributed by atoms with van der Waals surface area (Å²) < 4.78 is 12.1. The lowest BCUT2D eigenvalue weighted by Crippen LogP contribution is -2.43. The molecule has 4 aromatic rings. The van der Waals surface area contributed by atoms with Crippen LogP contribution >= 0.6 is 27.5 Å². The molecule has 0 atom stereocenters. The maximum atomic E-state index is 13.2. The van der Waals surface area contributed by atoms with Gasteiger partial charge in [-0.15, -0.1) is 0 Å². The lowest BCUT2D eigenvalue weighted by molar-refractivity contribution is -0.136. The van der Waals surface area contributed by atoms with E-state index in [2.05, 4.69) is 26.5 Å². The molecule has 0 aliphatic heterocycles. The van der Waals surface area contributed by atoms with Gasteiger partial charge in [0.1, 0.15) is 6.61 Å². The van der Waals surface area contributed by atoms with Crippen LogP contribution in [0.4, 0.5) is 0 Å². The largest absolute Gasteiger partial charge is 0.493 e. The van der Waals surface area contributed by atoms with Gasteiger partial charge in [-0.05, 0) is 45.3 Å². The number of nitrogens with zero attached hydrogens (tertiary/aromatic N) is 1. The van der Waals surface area contributed by atoms with Crippen LogP contribution in [0.15, 0.2) is 107 Å². The molecule has 0 saturated heterocycles. The van der Waals surface area contributed by atoms with Crippen molar-refractivity contribution in [3.8, 4) is 11.5 Å². The average Bonchev–Trinajstić information content (AvgIpc) is 2.94. The highest BCUT2D eigenvalue weighted by molar-refractivity contribution is 9.10. The van der Waals surface area contributed by atoms with Crippen LogP contribution < -0.4 is 14.9 Å². The van der Waals surface area contributed by atoms with Crippen molar-refractivity contribution in [2.24, 2.45) is 5.10 Å². The highest BCUT2D eigenvalue weighted by atomic mass is 79.9. The van der Waals surface area contributed by atoms with Crippen molar-refractivity contribution in [1.82, 2.24) is 5.43 Å². The molecule has 0 heterocycles. The number of rotatable bonds is 9. The number of hydrogen-bond acceptors (Lipinski definition) is 5. The molecule has 0 spiro atoms. The second-order valence-corrected chi connectivity index (χ2v) is 9.31. The zero-order chi connectivity index (χ0) is 26.3. The molecule has 4 aromatic carbocycles. The number of aliphatic hydroxyl groups is 1. The molecule has 4 rings (SSSR count). The van der Waals surface area contributed by atoms with Crippen molar-refractivity contribution in [3.05, 3.63) is 129 Å². The van der Waals surface area contributed by atoms with Crippen LogP contribution in [0.2, 0.25) is 5.02 Å². The van der Waals surface area contributed by atoms with E-state index in [9.17, 15) is 9.90 Å². The highest BCUT2D eigenvalue weighted by Crippen LogP contribution is 2.34. The lowest BCUT2D eigenvalue weighted by Gasteiger charge is -2.27. The smallest absolute Gasteiger partial charge is 0.281 e. The maximum absolute atomic E-state index is 13.2. The standard InChI is InChI=1S/C29H24BrClN2O4/c1-36-26-16-21(24(30)17-27(26)37-19-20-10-8-9-15-25(20)31)18-32-33-28(34)29(35,22-11-4-2-5-12-22)23-13-6-3-7-14-23/h2-18,35H,19H2,1H3,(H,33,34)/b32-18-. The molecule has 0 unspecified atom stereocenters. The predicted octanol–water partition coefficient (Wildman–Crippen LogP) is 6.08. The monoisotopic (exact) mass is 578 g/mol. The summed E-state index contributed by atoms with van der Waals surface area (Å²) >= 11 is 9.74. The molecule has 0 radical (unpaired) electrons. The van der Waals surface area contributed by atoms with Crippen molar-refractivity contribution >= 4 is 39.7 Å².